The molecule has 11 nitrogen and oxygen atoms in total. The van der Waals surface area contributed by atoms with Gasteiger partial charge in [0.15, 0.2) is 18.3 Å². The van der Waals surface area contributed by atoms with Gasteiger partial charge in [0.25, 0.3) is 0 Å². The molecule has 0 aromatic rings. The Kier molecular flexibility index (Phi) is 6.98. The van der Waals surface area contributed by atoms with Crippen LogP contribution in [0, 0.1) is 11.3 Å². The Morgan fingerprint density at radius 3 is 2.21 bits per heavy atom. The van der Waals surface area contributed by atoms with Crippen LogP contribution in [0.15, 0.2) is 5.11 Å². The Hall–Kier alpha value is -2.83. The molecule has 11 heteroatoms. The molecule has 0 radical (unpaired) electrons. The number of carbonyl (C=O) groups excluding carboxylic acids is 3. The molecule has 0 bridgehead atoms. The van der Waals surface area contributed by atoms with Crippen molar-refractivity contribution in [2.45, 2.75) is 51.2 Å². The lowest BCUT2D eigenvalue weighted by molar-refractivity contribution is -0.213. The SMILES string of the molecule is CC(=O)OCC1OC(C#N)C(N=[N+]=[N-])[C@@H](OC(C)=O)[C@H]1OC(C)=O. The quantitative estimate of drug-likeness (QED) is 0.228. The zero-order valence-electron chi connectivity index (χ0n) is 13.2. The van der Waals surface area contributed by atoms with Gasteiger partial charge >= 0.3 is 17.9 Å². The average Bonchev–Trinajstić information content (AvgIpc) is 2.48. The number of hydrogen-bond donors (Lipinski definition) is 0. The van der Waals surface area contributed by atoms with E-state index >= 15 is 0 Å². The standard InChI is InChI=1S/C13H16N4O7/c1-6(18)21-5-10-12(22-7(2)19)13(23-8(3)20)11(16-17-15)9(4-14)24-10/h9-13H,5H2,1-3H3/t9?,10?,11?,12-,13+/m0/s1. The van der Waals surface area contributed by atoms with Crippen molar-refractivity contribution in [3.63, 3.8) is 0 Å². The summed E-state index contributed by atoms with van der Waals surface area (Å²) in [4.78, 5) is 36.3. The first-order valence-corrected chi connectivity index (χ1v) is 6.87. The lowest BCUT2D eigenvalue weighted by Gasteiger charge is -2.41. The number of ether oxygens (including phenoxy) is 4. The van der Waals surface area contributed by atoms with Crippen LogP contribution in [0.2, 0.25) is 0 Å². The van der Waals surface area contributed by atoms with Crippen molar-refractivity contribution in [2.75, 3.05) is 6.61 Å². The molecule has 0 amide bonds. The number of nitrogens with zero attached hydrogens (tertiary/aromatic N) is 4. The first-order chi connectivity index (χ1) is 11.3. The summed E-state index contributed by atoms with van der Waals surface area (Å²) in [7, 11) is 0. The van der Waals surface area contributed by atoms with Gasteiger partial charge in [-0.1, -0.05) is 5.11 Å². The molecule has 0 aliphatic carbocycles. The Labute approximate surface area is 137 Å². The molecule has 1 saturated heterocycles. The minimum atomic E-state index is -1.28. The van der Waals surface area contributed by atoms with Crippen molar-refractivity contribution >= 4 is 17.9 Å². The third kappa shape index (κ3) is 5.12. The van der Waals surface area contributed by atoms with Crippen LogP contribution in [-0.2, 0) is 33.3 Å². The van der Waals surface area contributed by atoms with Crippen LogP contribution in [-0.4, -0.2) is 55.0 Å². The normalized spacial score (nSPS) is 28.7. The second-order valence-corrected chi connectivity index (χ2v) is 4.87. The molecule has 1 heterocycles. The lowest BCUT2D eigenvalue weighted by atomic mass is 9.93. The minimum Gasteiger partial charge on any atom is -0.463 e. The summed E-state index contributed by atoms with van der Waals surface area (Å²) >= 11 is 0. The first kappa shape index (κ1) is 19.2. The molecule has 0 spiro atoms. The summed E-state index contributed by atoms with van der Waals surface area (Å²) < 4.78 is 20.4. The molecule has 0 N–H and O–H groups in total. The van der Waals surface area contributed by atoms with E-state index in [0.29, 0.717) is 0 Å². The molecule has 1 fully saturated rings. The largest absolute Gasteiger partial charge is 0.463 e. The third-order valence-electron chi connectivity index (χ3n) is 3.03. The highest BCUT2D eigenvalue weighted by Crippen LogP contribution is 2.28. The minimum absolute atomic E-state index is 0.341. The Morgan fingerprint density at radius 1 is 1.17 bits per heavy atom. The monoisotopic (exact) mass is 340 g/mol. The summed E-state index contributed by atoms with van der Waals surface area (Å²) in [6.07, 6.45) is -4.83. The second kappa shape index (κ2) is 8.71. The van der Waals surface area contributed by atoms with Crippen molar-refractivity contribution in [3.8, 4) is 6.07 Å². The highest BCUT2D eigenvalue weighted by atomic mass is 16.6. The summed E-state index contributed by atoms with van der Waals surface area (Å²) in [5, 5.41) is 12.6. The van der Waals surface area contributed by atoms with Gasteiger partial charge in [-0.05, 0) is 5.53 Å². The van der Waals surface area contributed by atoms with Crippen molar-refractivity contribution in [2.24, 2.45) is 5.11 Å². The number of nitriles is 1. The van der Waals surface area contributed by atoms with E-state index in [0.717, 1.165) is 20.8 Å². The van der Waals surface area contributed by atoms with Gasteiger partial charge in [-0.2, -0.15) is 5.26 Å². The Bertz CT molecular complexity index is 596. The van der Waals surface area contributed by atoms with Crippen molar-refractivity contribution < 1.29 is 33.3 Å². The molecule has 24 heavy (non-hydrogen) atoms. The predicted octanol–water partition coefficient (Wildman–Crippen LogP) is 0.383. The molecule has 130 valence electrons. The lowest BCUT2D eigenvalue weighted by Crippen LogP contribution is -2.60. The average molecular weight is 340 g/mol. The molecule has 3 unspecified atom stereocenters. The van der Waals surface area contributed by atoms with Crippen LogP contribution in [0.25, 0.3) is 10.4 Å². The van der Waals surface area contributed by atoms with Gasteiger partial charge in [0, 0.05) is 25.7 Å². The number of azide groups is 1. The molecule has 0 aromatic heterocycles. The molecular formula is C13H16N4O7. The zero-order chi connectivity index (χ0) is 18.3. The third-order valence-corrected chi connectivity index (χ3v) is 3.03. The fraction of sp³-hybridized carbons (Fsp3) is 0.692. The number of hydrogen-bond acceptors (Lipinski definition) is 9. The van der Waals surface area contributed by atoms with Crippen molar-refractivity contribution in [1.82, 2.24) is 0 Å². The maximum Gasteiger partial charge on any atom is 0.303 e. The smallest absolute Gasteiger partial charge is 0.303 e. The van der Waals surface area contributed by atoms with Gasteiger partial charge in [0.2, 0.25) is 0 Å². The van der Waals surface area contributed by atoms with Gasteiger partial charge in [-0.3, -0.25) is 14.4 Å². The van der Waals surface area contributed by atoms with Crippen LogP contribution in [0.4, 0.5) is 0 Å². The van der Waals surface area contributed by atoms with Crippen molar-refractivity contribution in [1.29, 1.82) is 5.26 Å². The molecule has 1 rings (SSSR count). The van der Waals surface area contributed by atoms with Crippen molar-refractivity contribution in [3.05, 3.63) is 10.4 Å². The van der Waals surface area contributed by atoms with Gasteiger partial charge in [0.05, 0.1) is 6.07 Å². The number of rotatable bonds is 5. The first-order valence-electron chi connectivity index (χ1n) is 6.87. The highest BCUT2D eigenvalue weighted by molar-refractivity contribution is 5.68. The Balaban J connectivity index is 3.22. The van der Waals surface area contributed by atoms with Gasteiger partial charge in [-0.15, -0.1) is 0 Å². The Morgan fingerprint density at radius 2 is 1.75 bits per heavy atom. The van der Waals surface area contributed by atoms with E-state index in [1.807, 2.05) is 0 Å². The van der Waals surface area contributed by atoms with E-state index < -0.39 is 48.4 Å². The zero-order valence-corrected chi connectivity index (χ0v) is 13.2. The van der Waals surface area contributed by atoms with Crippen LogP contribution >= 0.6 is 0 Å². The maximum atomic E-state index is 11.4. The van der Waals surface area contributed by atoms with Crippen LogP contribution < -0.4 is 0 Å². The molecule has 1 aliphatic heterocycles. The molecule has 5 atom stereocenters. The fourth-order valence-electron chi connectivity index (χ4n) is 2.21. The predicted molar refractivity (Wildman–Crippen MR) is 74.9 cm³/mol. The van der Waals surface area contributed by atoms with Crippen LogP contribution in [0.3, 0.4) is 0 Å². The molecule has 0 saturated carbocycles. The maximum absolute atomic E-state index is 11.4. The highest BCUT2D eigenvalue weighted by Gasteiger charge is 2.50. The molecular weight excluding hydrogens is 324 g/mol. The summed E-state index contributed by atoms with van der Waals surface area (Å²) in [6, 6.07) is 0.540. The van der Waals surface area contributed by atoms with Gasteiger partial charge in [0.1, 0.15) is 18.8 Å². The number of carbonyl (C=O) groups is 3. The summed E-state index contributed by atoms with van der Waals surface area (Å²) in [6.45, 7) is 3.05. The van der Waals surface area contributed by atoms with Gasteiger partial charge < -0.3 is 18.9 Å². The fourth-order valence-corrected chi connectivity index (χ4v) is 2.21. The van der Waals surface area contributed by atoms with E-state index in [-0.39, 0.29) is 6.61 Å². The molecule has 0 aromatic carbocycles. The summed E-state index contributed by atoms with van der Waals surface area (Å²) in [5.41, 5.74) is 8.67. The van der Waals surface area contributed by atoms with E-state index in [9.17, 15) is 19.6 Å². The van der Waals surface area contributed by atoms with E-state index in [2.05, 4.69) is 10.0 Å². The van der Waals surface area contributed by atoms with E-state index in [1.54, 1.807) is 6.07 Å². The van der Waals surface area contributed by atoms with Gasteiger partial charge in [-0.25, -0.2) is 0 Å². The second-order valence-electron chi connectivity index (χ2n) is 4.87. The van der Waals surface area contributed by atoms with E-state index in [1.165, 1.54) is 0 Å². The summed E-state index contributed by atoms with van der Waals surface area (Å²) in [5.74, 6) is -2.07. The van der Waals surface area contributed by atoms with Crippen LogP contribution in [0.5, 0.6) is 0 Å². The molecule has 1 aliphatic rings. The number of esters is 3. The topological polar surface area (TPSA) is 161 Å². The van der Waals surface area contributed by atoms with E-state index in [4.69, 9.17) is 24.5 Å². The van der Waals surface area contributed by atoms with Crippen LogP contribution in [0.1, 0.15) is 20.8 Å².